The van der Waals surface area contributed by atoms with Gasteiger partial charge in [-0.2, -0.15) is 0 Å². The average molecular weight is 483 g/mol. The minimum Gasteiger partial charge on any atom is -0.497 e. The number of hydrogen-bond acceptors (Lipinski definition) is 5. The van der Waals surface area contributed by atoms with Crippen molar-refractivity contribution in [1.82, 2.24) is 9.88 Å². The van der Waals surface area contributed by atoms with Crippen molar-refractivity contribution in [3.05, 3.63) is 90.5 Å². The van der Waals surface area contributed by atoms with Crippen LogP contribution in [0, 0.1) is 0 Å². The van der Waals surface area contributed by atoms with Crippen LogP contribution in [-0.4, -0.2) is 52.7 Å². The second-order valence-electron chi connectivity index (χ2n) is 8.79. The van der Waals surface area contributed by atoms with Crippen LogP contribution in [0.25, 0.3) is 22.2 Å². The van der Waals surface area contributed by atoms with Crippen molar-refractivity contribution in [2.75, 3.05) is 13.7 Å². The Bertz CT molecular complexity index is 1390. The number of amides is 1. The summed E-state index contributed by atoms with van der Waals surface area (Å²) in [6.07, 6.45) is -0.119. The van der Waals surface area contributed by atoms with Crippen LogP contribution in [0.15, 0.2) is 84.9 Å². The van der Waals surface area contributed by atoms with Crippen molar-refractivity contribution in [2.45, 2.75) is 25.0 Å². The number of aromatic nitrogens is 1. The van der Waals surface area contributed by atoms with Crippen molar-refractivity contribution < 1.29 is 24.2 Å². The summed E-state index contributed by atoms with van der Waals surface area (Å²) < 4.78 is 11.8. The largest absolute Gasteiger partial charge is 0.497 e. The smallest absolute Gasteiger partial charge is 0.326 e. The van der Waals surface area contributed by atoms with E-state index in [1.54, 1.807) is 7.11 Å². The molecule has 1 aliphatic rings. The fourth-order valence-electron chi connectivity index (χ4n) is 4.60. The van der Waals surface area contributed by atoms with Crippen LogP contribution in [0.5, 0.6) is 11.5 Å². The highest BCUT2D eigenvalue weighted by atomic mass is 16.5. The molecule has 0 aliphatic carbocycles. The van der Waals surface area contributed by atoms with Gasteiger partial charge in [0.25, 0.3) is 0 Å². The SMILES string of the molecule is COc1ccc2c(O[C@@H]3C[C@@H](C(=O)O)N(C(=O)Cc4ccccc4)C3)cc(-c3ccccc3)nc2c1. The Kier molecular flexibility index (Phi) is 6.54. The summed E-state index contributed by atoms with van der Waals surface area (Å²) in [4.78, 5) is 31.3. The molecular formula is C29H26N2O5. The molecule has 182 valence electrons. The summed E-state index contributed by atoms with van der Waals surface area (Å²) in [7, 11) is 1.60. The highest BCUT2D eigenvalue weighted by molar-refractivity contribution is 5.89. The van der Waals surface area contributed by atoms with E-state index in [2.05, 4.69) is 0 Å². The van der Waals surface area contributed by atoms with Crippen LogP contribution >= 0.6 is 0 Å². The highest BCUT2D eigenvalue weighted by Crippen LogP contribution is 2.34. The first-order valence-corrected chi connectivity index (χ1v) is 11.8. The maximum Gasteiger partial charge on any atom is 0.326 e. The Labute approximate surface area is 208 Å². The first kappa shape index (κ1) is 23.4. The molecule has 1 saturated heterocycles. The highest BCUT2D eigenvalue weighted by Gasteiger charge is 2.40. The van der Waals surface area contributed by atoms with Crippen LogP contribution < -0.4 is 9.47 Å². The van der Waals surface area contributed by atoms with E-state index in [-0.39, 0.29) is 25.3 Å². The molecule has 1 N–H and O–H groups in total. The number of methoxy groups -OCH3 is 1. The number of aliphatic carboxylic acids is 1. The van der Waals surface area contributed by atoms with Gasteiger partial charge in [-0.15, -0.1) is 0 Å². The molecule has 2 heterocycles. The first-order valence-electron chi connectivity index (χ1n) is 11.8. The lowest BCUT2D eigenvalue weighted by Gasteiger charge is -2.21. The Balaban J connectivity index is 1.45. The van der Waals surface area contributed by atoms with Gasteiger partial charge in [0, 0.05) is 29.5 Å². The van der Waals surface area contributed by atoms with Crippen molar-refractivity contribution in [1.29, 1.82) is 0 Å². The van der Waals surface area contributed by atoms with Crippen LogP contribution in [0.2, 0.25) is 0 Å². The van der Waals surface area contributed by atoms with Gasteiger partial charge in [0.2, 0.25) is 5.91 Å². The second kappa shape index (κ2) is 10.1. The molecule has 3 aromatic carbocycles. The third kappa shape index (κ3) is 4.86. The molecule has 1 fully saturated rings. The number of carboxylic acid groups (broad SMARTS) is 1. The van der Waals surface area contributed by atoms with Gasteiger partial charge in [0.05, 0.1) is 31.3 Å². The number of nitrogens with zero attached hydrogens (tertiary/aromatic N) is 2. The molecule has 36 heavy (non-hydrogen) atoms. The summed E-state index contributed by atoms with van der Waals surface area (Å²) in [5, 5.41) is 10.6. The normalized spacial score (nSPS) is 17.2. The zero-order valence-corrected chi connectivity index (χ0v) is 19.8. The molecule has 1 amide bonds. The number of pyridine rings is 1. The zero-order chi connectivity index (χ0) is 25.1. The Morgan fingerprint density at radius 3 is 2.42 bits per heavy atom. The van der Waals surface area contributed by atoms with E-state index in [4.69, 9.17) is 14.5 Å². The molecule has 1 aliphatic heterocycles. The summed E-state index contributed by atoms with van der Waals surface area (Å²) in [6.45, 7) is 0.198. The molecule has 2 atom stereocenters. The fourth-order valence-corrected chi connectivity index (χ4v) is 4.60. The van der Waals surface area contributed by atoms with Gasteiger partial charge in [-0.25, -0.2) is 9.78 Å². The van der Waals surface area contributed by atoms with E-state index in [1.807, 2.05) is 84.9 Å². The molecule has 0 spiro atoms. The lowest BCUT2D eigenvalue weighted by molar-refractivity contribution is -0.148. The third-order valence-corrected chi connectivity index (χ3v) is 6.41. The molecule has 7 heteroatoms. The molecule has 4 aromatic rings. The second-order valence-corrected chi connectivity index (χ2v) is 8.79. The molecule has 0 bridgehead atoms. The topological polar surface area (TPSA) is 89.0 Å². The Morgan fingerprint density at radius 1 is 1.00 bits per heavy atom. The lowest BCUT2D eigenvalue weighted by atomic mass is 10.1. The number of carboxylic acids is 1. The van der Waals surface area contributed by atoms with Crippen molar-refractivity contribution >= 4 is 22.8 Å². The number of likely N-dealkylation sites (tertiary alicyclic amines) is 1. The van der Waals surface area contributed by atoms with Gasteiger partial charge in [-0.05, 0) is 17.7 Å². The van der Waals surface area contributed by atoms with Crippen LogP contribution in [0.4, 0.5) is 0 Å². The Morgan fingerprint density at radius 2 is 1.72 bits per heavy atom. The first-order chi connectivity index (χ1) is 17.5. The summed E-state index contributed by atoms with van der Waals surface area (Å²) >= 11 is 0. The van der Waals surface area contributed by atoms with Gasteiger partial charge in [-0.1, -0.05) is 60.7 Å². The van der Waals surface area contributed by atoms with E-state index in [0.29, 0.717) is 17.0 Å². The molecule has 1 aromatic heterocycles. The molecule has 0 saturated carbocycles. The van der Waals surface area contributed by atoms with E-state index in [9.17, 15) is 14.7 Å². The van der Waals surface area contributed by atoms with Crippen molar-refractivity contribution in [3.63, 3.8) is 0 Å². The molecule has 5 rings (SSSR count). The summed E-state index contributed by atoms with van der Waals surface area (Å²) in [6, 6.07) is 25.6. The zero-order valence-electron chi connectivity index (χ0n) is 19.8. The minimum atomic E-state index is -1.03. The fraction of sp³-hybridized carbons (Fsp3) is 0.207. The molecular weight excluding hydrogens is 456 g/mol. The predicted octanol–water partition coefficient (Wildman–Crippen LogP) is 4.59. The number of ether oxygens (including phenoxy) is 2. The molecule has 7 nitrogen and oxygen atoms in total. The number of rotatable bonds is 7. The van der Waals surface area contributed by atoms with Crippen LogP contribution in [0.3, 0.4) is 0 Å². The van der Waals surface area contributed by atoms with Crippen LogP contribution in [0.1, 0.15) is 12.0 Å². The maximum absolute atomic E-state index is 13.0. The third-order valence-electron chi connectivity index (χ3n) is 6.41. The number of benzene rings is 3. The van der Waals surface area contributed by atoms with Crippen molar-refractivity contribution in [2.24, 2.45) is 0 Å². The lowest BCUT2D eigenvalue weighted by Crippen LogP contribution is -2.41. The molecule has 0 radical (unpaired) electrons. The van der Waals surface area contributed by atoms with Gasteiger partial charge < -0.3 is 19.5 Å². The standard InChI is InChI=1S/C29H26N2O5/c1-35-21-12-13-23-25(15-21)30-24(20-10-6-3-7-11-20)17-27(23)36-22-16-26(29(33)34)31(18-22)28(32)14-19-8-4-2-5-9-19/h2-13,15,17,22,26H,14,16,18H2,1H3,(H,33,34)/t22-,26+/m1/s1. The number of hydrogen-bond donors (Lipinski definition) is 1. The molecule has 0 unspecified atom stereocenters. The number of carbonyl (C=O) groups is 2. The minimum absolute atomic E-state index is 0.146. The van der Waals surface area contributed by atoms with E-state index in [0.717, 1.165) is 22.2 Å². The van der Waals surface area contributed by atoms with E-state index in [1.165, 1.54) is 4.90 Å². The number of fused-ring (bicyclic) bond motifs is 1. The quantitative estimate of drug-likeness (QED) is 0.415. The van der Waals surface area contributed by atoms with Crippen molar-refractivity contribution in [3.8, 4) is 22.8 Å². The predicted molar refractivity (Wildman–Crippen MR) is 136 cm³/mol. The van der Waals surface area contributed by atoms with E-state index < -0.39 is 18.1 Å². The number of carbonyl (C=O) groups excluding carboxylic acids is 1. The van der Waals surface area contributed by atoms with Crippen LogP contribution in [-0.2, 0) is 16.0 Å². The summed E-state index contributed by atoms with van der Waals surface area (Å²) in [5.41, 5.74) is 3.21. The maximum atomic E-state index is 13.0. The van der Waals surface area contributed by atoms with Gasteiger partial charge >= 0.3 is 5.97 Å². The Hall–Kier alpha value is -4.39. The van der Waals surface area contributed by atoms with Gasteiger partial charge in [-0.3, -0.25) is 4.79 Å². The summed E-state index contributed by atoms with van der Waals surface area (Å²) in [5.74, 6) is 0.00876. The van der Waals surface area contributed by atoms with E-state index >= 15 is 0 Å². The van der Waals surface area contributed by atoms with Gasteiger partial charge in [0.15, 0.2) is 0 Å². The average Bonchev–Trinajstić information content (AvgIpc) is 3.34. The monoisotopic (exact) mass is 482 g/mol. The van der Waals surface area contributed by atoms with Gasteiger partial charge in [0.1, 0.15) is 23.6 Å².